The van der Waals surface area contributed by atoms with Gasteiger partial charge in [-0.1, -0.05) is 0 Å². The molecular formula is C13H15N3O2. The topological polar surface area (TPSA) is 82.3 Å². The van der Waals surface area contributed by atoms with Crippen LogP contribution in [0.5, 0.6) is 0 Å². The SMILES string of the molecule is CN(Cc1ccc[nH]1)c1ccc(C(=O)O)cc1N. The molecule has 0 saturated heterocycles. The lowest BCUT2D eigenvalue weighted by atomic mass is 10.1. The van der Waals surface area contributed by atoms with Crippen LogP contribution in [0.25, 0.3) is 0 Å². The number of hydrogen-bond acceptors (Lipinski definition) is 3. The van der Waals surface area contributed by atoms with Crippen LogP contribution in [0.3, 0.4) is 0 Å². The first kappa shape index (κ1) is 12.0. The lowest BCUT2D eigenvalue weighted by Crippen LogP contribution is -2.18. The molecule has 1 aromatic carbocycles. The second-order valence-electron chi connectivity index (χ2n) is 4.13. The first-order valence-electron chi connectivity index (χ1n) is 5.54. The van der Waals surface area contributed by atoms with Crippen molar-refractivity contribution in [2.24, 2.45) is 0 Å². The van der Waals surface area contributed by atoms with Gasteiger partial charge in [0.15, 0.2) is 0 Å². The average molecular weight is 245 g/mol. The number of aromatic nitrogens is 1. The highest BCUT2D eigenvalue weighted by molar-refractivity contribution is 5.90. The minimum absolute atomic E-state index is 0.199. The fourth-order valence-electron chi connectivity index (χ4n) is 1.84. The summed E-state index contributed by atoms with van der Waals surface area (Å²) in [6, 6.07) is 8.67. The lowest BCUT2D eigenvalue weighted by molar-refractivity contribution is 0.0697. The van der Waals surface area contributed by atoms with Crippen LogP contribution in [-0.4, -0.2) is 23.1 Å². The van der Waals surface area contributed by atoms with Crippen LogP contribution in [0.1, 0.15) is 16.1 Å². The summed E-state index contributed by atoms with van der Waals surface area (Å²) in [6.45, 7) is 0.684. The average Bonchev–Trinajstić information content (AvgIpc) is 2.81. The Hall–Kier alpha value is -2.43. The molecule has 5 nitrogen and oxygen atoms in total. The number of hydrogen-bond donors (Lipinski definition) is 3. The van der Waals surface area contributed by atoms with Gasteiger partial charge in [0.05, 0.1) is 23.5 Å². The summed E-state index contributed by atoms with van der Waals surface area (Å²) in [5.74, 6) is -0.972. The van der Waals surface area contributed by atoms with Gasteiger partial charge in [-0.25, -0.2) is 4.79 Å². The van der Waals surface area contributed by atoms with Crippen LogP contribution in [0.15, 0.2) is 36.5 Å². The molecule has 1 aromatic heterocycles. The highest BCUT2D eigenvalue weighted by Crippen LogP contribution is 2.24. The summed E-state index contributed by atoms with van der Waals surface area (Å²) < 4.78 is 0. The van der Waals surface area contributed by atoms with Gasteiger partial charge in [0, 0.05) is 18.9 Å². The van der Waals surface area contributed by atoms with Crippen LogP contribution in [-0.2, 0) is 6.54 Å². The molecule has 0 atom stereocenters. The van der Waals surface area contributed by atoms with Gasteiger partial charge in [0.2, 0.25) is 0 Å². The summed E-state index contributed by atoms with van der Waals surface area (Å²) >= 11 is 0. The Bertz CT molecular complexity index is 549. The molecule has 2 aromatic rings. The van der Waals surface area contributed by atoms with Gasteiger partial charge in [-0.15, -0.1) is 0 Å². The minimum atomic E-state index is -0.972. The number of aromatic carboxylic acids is 1. The lowest BCUT2D eigenvalue weighted by Gasteiger charge is -2.20. The fourth-order valence-corrected chi connectivity index (χ4v) is 1.84. The van der Waals surface area contributed by atoms with Gasteiger partial charge < -0.3 is 20.7 Å². The number of nitrogen functional groups attached to an aromatic ring is 1. The van der Waals surface area contributed by atoms with E-state index in [4.69, 9.17) is 10.8 Å². The third-order valence-corrected chi connectivity index (χ3v) is 2.76. The first-order chi connectivity index (χ1) is 8.58. The minimum Gasteiger partial charge on any atom is -0.478 e. The van der Waals surface area contributed by atoms with E-state index in [1.54, 1.807) is 12.1 Å². The molecule has 18 heavy (non-hydrogen) atoms. The number of rotatable bonds is 4. The van der Waals surface area contributed by atoms with E-state index in [2.05, 4.69) is 4.98 Å². The summed E-state index contributed by atoms with van der Waals surface area (Å²) in [7, 11) is 1.91. The maximum Gasteiger partial charge on any atom is 0.335 e. The van der Waals surface area contributed by atoms with Crippen LogP contribution in [0.4, 0.5) is 11.4 Å². The van der Waals surface area contributed by atoms with E-state index in [1.807, 2.05) is 30.3 Å². The predicted molar refractivity (Wildman–Crippen MR) is 70.7 cm³/mol. The maximum atomic E-state index is 10.8. The van der Waals surface area contributed by atoms with Gasteiger partial charge >= 0.3 is 5.97 Å². The first-order valence-corrected chi connectivity index (χ1v) is 5.54. The zero-order chi connectivity index (χ0) is 13.1. The van der Waals surface area contributed by atoms with E-state index < -0.39 is 5.97 Å². The molecule has 0 fully saturated rings. The van der Waals surface area contributed by atoms with Gasteiger partial charge in [0.1, 0.15) is 0 Å². The highest BCUT2D eigenvalue weighted by Gasteiger charge is 2.10. The van der Waals surface area contributed by atoms with Crippen molar-refractivity contribution in [3.8, 4) is 0 Å². The number of benzene rings is 1. The van der Waals surface area contributed by atoms with E-state index in [9.17, 15) is 4.79 Å². The quantitative estimate of drug-likeness (QED) is 0.719. The van der Waals surface area contributed by atoms with Crippen molar-refractivity contribution in [1.29, 1.82) is 0 Å². The molecule has 0 aliphatic rings. The number of carboxylic acids is 1. The smallest absolute Gasteiger partial charge is 0.335 e. The molecule has 0 radical (unpaired) electrons. The zero-order valence-corrected chi connectivity index (χ0v) is 10.1. The van der Waals surface area contributed by atoms with Crippen LogP contribution >= 0.6 is 0 Å². The molecule has 0 amide bonds. The normalized spacial score (nSPS) is 10.3. The van der Waals surface area contributed by atoms with Gasteiger partial charge in [-0.2, -0.15) is 0 Å². The molecule has 5 heteroatoms. The molecule has 0 aliphatic heterocycles. The summed E-state index contributed by atoms with van der Waals surface area (Å²) in [5.41, 5.74) is 8.42. The van der Waals surface area contributed by atoms with E-state index >= 15 is 0 Å². The highest BCUT2D eigenvalue weighted by atomic mass is 16.4. The zero-order valence-electron chi connectivity index (χ0n) is 10.1. The van der Waals surface area contributed by atoms with Crippen molar-refractivity contribution in [2.45, 2.75) is 6.54 Å². The molecule has 0 saturated carbocycles. The number of H-pyrrole nitrogens is 1. The van der Waals surface area contributed by atoms with Crippen LogP contribution < -0.4 is 10.6 Å². The molecule has 1 heterocycles. The molecule has 0 bridgehead atoms. The largest absolute Gasteiger partial charge is 0.478 e. The van der Waals surface area contributed by atoms with Crippen LogP contribution in [0.2, 0.25) is 0 Å². The van der Waals surface area contributed by atoms with Gasteiger partial charge in [0.25, 0.3) is 0 Å². The van der Waals surface area contributed by atoms with Crippen molar-refractivity contribution in [3.05, 3.63) is 47.8 Å². The number of carbonyl (C=O) groups is 1. The number of nitrogens with one attached hydrogen (secondary N) is 1. The Morgan fingerprint density at radius 2 is 2.22 bits per heavy atom. The molecule has 2 rings (SSSR count). The third kappa shape index (κ3) is 2.45. The third-order valence-electron chi connectivity index (χ3n) is 2.76. The van der Waals surface area contributed by atoms with Gasteiger partial charge in [-0.05, 0) is 30.3 Å². The van der Waals surface area contributed by atoms with Crippen molar-refractivity contribution in [3.63, 3.8) is 0 Å². The number of anilines is 2. The number of carboxylic acid groups (broad SMARTS) is 1. The van der Waals surface area contributed by atoms with Crippen molar-refractivity contribution >= 4 is 17.3 Å². The van der Waals surface area contributed by atoms with E-state index in [1.165, 1.54) is 6.07 Å². The van der Waals surface area contributed by atoms with E-state index in [-0.39, 0.29) is 5.56 Å². The number of aromatic amines is 1. The Labute approximate surface area is 105 Å². The number of nitrogens with two attached hydrogens (primary N) is 1. The van der Waals surface area contributed by atoms with Crippen molar-refractivity contribution in [2.75, 3.05) is 17.7 Å². The van der Waals surface area contributed by atoms with Crippen molar-refractivity contribution < 1.29 is 9.90 Å². The summed E-state index contributed by atoms with van der Waals surface area (Å²) in [4.78, 5) is 15.9. The molecule has 0 spiro atoms. The molecule has 94 valence electrons. The molecule has 0 unspecified atom stereocenters. The van der Waals surface area contributed by atoms with Crippen LogP contribution in [0, 0.1) is 0 Å². The standard InChI is InChI=1S/C13H15N3O2/c1-16(8-10-3-2-6-15-10)12-5-4-9(13(17)18)7-11(12)14/h2-7,15H,8,14H2,1H3,(H,17,18). The molecular weight excluding hydrogens is 230 g/mol. The Morgan fingerprint density at radius 1 is 1.44 bits per heavy atom. The second kappa shape index (κ2) is 4.83. The Balaban J connectivity index is 2.20. The summed E-state index contributed by atoms with van der Waals surface area (Å²) in [5, 5.41) is 8.87. The van der Waals surface area contributed by atoms with E-state index in [0.29, 0.717) is 12.2 Å². The second-order valence-corrected chi connectivity index (χ2v) is 4.13. The maximum absolute atomic E-state index is 10.8. The fraction of sp³-hybridized carbons (Fsp3) is 0.154. The molecule has 0 aliphatic carbocycles. The predicted octanol–water partition coefficient (Wildman–Crippen LogP) is 1.93. The number of nitrogens with zero attached hydrogens (tertiary/aromatic N) is 1. The molecule has 4 N–H and O–H groups in total. The Morgan fingerprint density at radius 3 is 2.78 bits per heavy atom. The van der Waals surface area contributed by atoms with Gasteiger partial charge in [-0.3, -0.25) is 0 Å². The monoisotopic (exact) mass is 245 g/mol. The van der Waals surface area contributed by atoms with Crippen molar-refractivity contribution in [1.82, 2.24) is 4.98 Å². The van der Waals surface area contributed by atoms with E-state index in [0.717, 1.165) is 11.4 Å². The Kier molecular flexibility index (Phi) is 3.23. The summed E-state index contributed by atoms with van der Waals surface area (Å²) in [6.07, 6.45) is 1.86.